The van der Waals surface area contributed by atoms with Crippen LogP contribution < -0.4 is 5.73 Å². The molecule has 0 spiro atoms. The van der Waals surface area contributed by atoms with E-state index in [4.69, 9.17) is 10.5 Å². The third-order valence-electron chi connectivity index (χ3n) is 8.57. The van der Waals surface area contributed by atoms with Crippen LogP contribution in [-0.2, 0) is 19.7 Å². The molecule has 1 aromatic carbocycles. The Bertz CT molecular complexity index is 997. The highest BCUT2D eigenvalue weighted by Gasteiger charge is 2.55. The monoisotopic (exact) mass is 463 g/mol. The van der Waals surface area contributed by atoms with Gasteiger partial charge in [-0.1, -0.05) is 56.0 Å². The van der Waals surface area contributed by atoms with Crippen molar-refractivity contribution in [2.75, 3.05) is 19.6 Å². The second kappa shape index (κ2) is 9.45. The first-order valence-corrected chi connectivity index (χ1v) is 12.7. The summed E-state index contributed by atoms with van der Waals surface area (Å²) < 4.78 is 6.93. The first-order valence-electron chi connectivity index (χ1n) is 12.7. The van der Waals surface area contributed by atoms with Gasteiger partial charge in [-0.2, -0.15) is 0 Å². The van der Waals surface area contributed by atoms with E-state index in [0.717, 1.165) is 70.0 Å². The van der Waals surface area contributed by atoms with Crippen LogP contribution in [0.1, 0.15) is 68.7 Å². The summed E-state index contributed by atoms with van der Waals surface area (Å²) >= 11 is 0. The van der Waals surface area contributed by atoms with Gasteiger partial charge in [0.25, 0.3) is 5.91 Å². The largest absolute Gasteiger partial charge is 0.455 e. The van der Waals surface area contributed by atoms with Crippen LogP contribution in [-0.4, -0.2) is 52.1 Å². The molecule has 2 bridgehead atoms. The van der Waals surface area contributed by atoms with Crippen LogP contribution >= 0.6 is 0 Å². The lowest BCUT2D eigenvalue weighted by Gasteiger charge is -2.54. The molecule has 1 unspecified atom stereocenters. The molecule has 34 heavy (non-hydrogen) atoms. The van der Waals surface area contributed by atoms with E-state index in [2.05, 4.69) is 22.1 Å². The summed E-state index contributed by atoms with van der Waals surface area (Å²) in [6.07, 6.45) is 12.5. The summed E-state index contributed by atoms with van der Waals surface area (Å²) in [6.45, 7) is 2.28. The molecule has 4 fully saturated rings. The van der Waals surface area contributed by atoms with E-state index in [9.17, 15) is 9.59 Å². The van der Waals surface area contributed by atoms with Gasteiger partial charge in [0, 0.05) is 31.2 Å². The van der Waals surface area contributed by atoms with Gasteiger partial charge in [-0.3, -0.25) is 19.6 Å². The Morgan fingerprint density at radius 1 is 1.03 bits per heavy atom. The molecule has 3 saturated heterocycles. The maximum atomic E-state index is 14.0. The number of hydrogen-bond acceptors (Lipinski definition) is 5. The molecule has 4 aliphatic rings. The molecule has 180 valence electrons. The number of benzene rings is 1. The molecule has 2 aromatic rings. The number of quaternary nitrogens is 1. The second-order valence-electron chi connectivity index (χ2n) is 10.4. The second-order valence-corrected chi connectivity index (χ2v) is 10.4. The first-order chi connectivity index (χ1) is 16.5. The zero-order valence-electron chi connectivity index (χ0n) is 19.8. The topological polar surface area (TPSA) is 95.2 Å². The van der Waals surface area contributed by atoms with Crippen LogP contribution in [0.4, 0.5) is 0 Å². The lowest BCUT2D eigenvalue weighted by Crippen LogP contribution is -2.67. The number of aromatic nitrogens is 2. The number of ether oxygens (including phenoxy) is 1. The highest BCUT2D eigenvalue weighted by atomic mass is 16.5. The number of nitrogens with two attached hydrogens (primary N) is 1. The summed E-state index contributed by atoms with van der Waals surface area (Å²) in [4.78, 5) is 35.2. The molecule has 4 heterocycles. The number of fused-ring (bicyclic) bond motifs is 3. The highest BCUT2D eigenvalue weighted by molar-refractivity contribution is 5.83. The van der Waals surface area contributed by atoms with Crippen molar-refractivity contribution in [3.05, 3.63) is 60.2 Å². The smallest absolute Gasteiger partial charge is 0.317 e. The third-order valence-corrected chi connectivity index (χ3v) is 8.57. The molecular weight excluding hydrogens is 428 g/mol. The quantitative estimate of drug-likeness (QED) is 0.402. The van der Waals surface area contributed by atoms with E-state index in [0.29, 0.717) is 22.6 Å². The van der Waals surface area contributed by atoms with Crippen LogP contribution in [0.2, 0.25) is 0 Å². The van der Waals surface area contributed by atoms with E-state index in [-0.39, 0.29) is 12.1 Å². The normalized spacial score (nSPS) is 29.1. The molecule has 1 saturated carbocycles. The van der Waals surface area contributed by atoms with E-state index < -0.39 is 17.4 Å². The summed E-state index contributed by atoms with van der Waals surface area (Å²) in [7, 11) is 0. The maximum absolute atomic E-state index is 14.0. The Kier molecular flexibility index (Phi) is 6.38. The minimum absolute atomic E-state index is 0.0902. The number of piperidine rings is 3. The zero-order valence-corrected chi connectivity index (χ0v) is 19.8. The fourth-order valence-corrected chi connectivity index (χ4v) is 6.76. The summed E-state index contributed by atoms with van der Waals surface area (Å²) in [5, 5.41) is 0. The van der Waals surface area contributed by atoms with Crippen LogP contribution in [0.5, 0.6) is 0 Å². The van der Waals surface area contributed by atoms with Crippen molar-refractivity contribution < 1.29 is 18.8 Å². The molecule has 7 heteroatoms. The fourth-order valence-electron chi connectivity index (χ4n) is 6.76. The Hall–Kier alpha value is -2.80. The number of nitrogens with zero attached hydrogens (tertiary/aromatic N) is 3. The molecular formula is C27H35N4O3+. The van der Waals surface area contributed by atoms with Crippen molar-refractivity contribution >= 4 is 11.9 Å². The zero-order chi connectivity index (χ0) is 23.6. The van der Waals surface area contributed by atoms with Crippen LogP contribution in [0.15, 0.2) is 48.9 Å². The maximum Gasteiger partial charge on any atom is 0.317 e. The number of rotatable bonds is 6. The number of esters is 1. The van der Waals surface area contributed by atoms with Gasteiger partial charge in [-0.25, -0.2) is 0 Å². The van der Waals surface area contributed by atoms with Crippen molar-refractivity contribution in [3.63, 3.8) is 0 Å². The van der Waals surface area contributed by atoms with Gasteiger partial charge in [0.2, 0.25) is 6.04 Å². The van der Waals surface area contributed by atoms with Crippen molar-refractivity contribution in [2.24, 2.45) is 11.7 Å². The summed E-state index contributed by atoms with van der Waals surface area (Å²) in [5.41, 5.74) is 7.02. The molecule has 7 nitrogen and oxygen atoms in total. The average molecular weight is 464 g/mol. The third kappa shape index (κ3) is 4.11. The molecule has 3 aliphatic heterocycles. The standard InChI is InChI=1S/C27H34N4O3/c28-25(32)24(22-18-29-14-15-30-22)31-16-10-20(11-17-31)23(19-31)34-26(33)27(12-6-1-2-7-13-27)21-8-4-3-5-9-21/h3-5,8-9,14-15,18,20,23-24H,1-2,6-7,10-13,16-17,19H2,(H-,28,32)/p+1/t20?,23-,24?,31?/m0/s1. The van der Waals surface area contributed by atoms with Gasteiger partial charge >= 0.3 is 5.97 Å². The number of carbonyl (C=O) groups excluding carboxylic acids is 2. The average Bonchev–Trinajstić information content (AvgIpc) is 3.13. The van der Waals surface area contributed by atoms with E-state index >= 15 is 0 Å². The Morgan fingerprint density at radius 3 is 2.35 bits per heavy atom. The summed E-state index contributed by atoms with van der Waals surface area (Å²) in [6, 6.07) is 9.61. The van der Waals surface area contributed by atoms with Gasteiger partial charge in [0.15, 0.2) is 6.10 Å². The lowest BCUT2D eigenvalue weighted by atomic mass is 9.74. The van der Waals surface area contributed by atoms with Gasteiger partial charge < -0.3 is 15.0 Å². The molecule has 2 N–H and O–H groups in total. The molecule has 1 aliphatic carbocycles. The number of amides is 1. The van der Waals surface area contributed by atoms with Gasteiger partial charge in [-0.05, 0) is 18.4 Å². The SMILES string of the molecule is NC(=O)C(c1cnccn1)[N+]12CCC(CC1)[C@@H](OC(=O)C1(c3ccccc3)CCCCCC1)C2. The molecule has 2 atom stereocenters. The van der Waals surface area contributed by atoms with Crippen molar-refractivity contribution in [1.29, 1.82) is 0 Å². The van der Waals surface area contributed by atoms with Crippen LogP contribution in [0, 0.1) is 5.92 Å². The number of hydrogen-bond donors (Lipinski definition) is 1. The number of primary amides is 1. The fraction of sp³-hybridized carbons (Fsp3) is 0.556. The minimum Gasteiger partial charge on any atom is -0.455 e. The Balaban J connectivity index is 1.42. The minimum atomic E-state index is -0.581. The van der Waals surface area contributed by atoms with Gasteiger partial charge in [0.1, 0.15) is 12.2 Å². The first kappa shape index (κ1) is 23.0. The molecule has 1 aromatic heterocycles. The van der Waals surface area contributed by atoms with Crippen molar-refractivity contribution in [2.45, 2.75) is 68.9 Å². The van der Waals surface area contributed by atoms with E-state index in [1.165, 1.54) is 0 Å². The predicted octanol–water partition coefficient (Wildman–Crippen LogP) is 3.45. The van der Waals surface area contributed by atoms with Crippen LogP contribution in [0.3, 0.4) is 0 Å². The van der Waals surface area contributed by atoms with Gasteiger partial charge in [-0.15, -0.1) is 0 Å². The highest BCUT2D eigenvalue weighted by Crippen LogP contribution is 2.44. The Morgan fingerprint density at radius 2 is 1.74 bits per heavy atom. The van der Waals surface area contributed by atoms with Gasteiger partial charge in [0.05, 0.1) is 24.7 Å². The predicted molar refractivity (Wildman–Crippen MR) is 127 cm³/mol. The molecule has 1 amide bonds. The van der Waals surface area contributed by atoms with Crippen molar-refractivity contribution in [3.8, 4) is 0 Å². The van der Waals surface area contributed by atoms with E-state index in [1.54, 1.807) is 18.6 Å². The van der Waals surface area contributed by atoms with Crippen LogP contribution in [0.25, 0.3) is 0 Å². The number of carbonyl (C=O) groups is 2. The lowest BCUT2D eigenvalue weighted by molar-refractivity contribution is -0.965. The van der Waals surface area contributed by atoms with E-state index in [1.807, 2.05) is 18.2 Å². The molecule has 6 rings (SSSR count). The Labute approximate surface area is 201 Å². The van der Waals surface area contributed by atoms with Crippen molar-refractivity contribution in [1.82, 2.24) is 9.97 Å². The summed E-state index contributed by atoms with van der Waals surface area (Å²) in [5.74, 6) is -0.152. The molecule has 0 radical (unpaired) electrons.